The predicted molar refractivity (Wildman–Crippen MR) is 153 cm³/mol. The van der Waals surface area contributed by atoms with Gasteiger partial charge in [-0.2, -0.15) is 0 Å². The van der Waals surface area contributed by atoms with E-state index in [1.54, 1.807) is 36.6 Å². The summed E-state index contributed by atoms with van der Waals surface area (Å²) in [6.45, 7) is 2.30. The summed E-state index contributed by atoms with van der Waals surface area (Å²) >= 11 is 1.03. The first-order valence-corrected chi connectivity index (χ1v) is 14.9. The number of hydrogen-bond donors (Lipinski definition) is 3. The maximum atomic E-state index is 13.6. The molecule has 0 bridgehead atoms. The van der Waals surface area contributed by atoms with Crippen molar-refractivity contribution in [1.82, 2.24) is 0 Å². The fourth-order valence-corrected chi connectivity index (χ4v) is 6.67. The first-order chi connectivity index (χ1) is 19.1. The third-order valence-electron chi connectivity index (χ3n) is 6.45. The number of hydrogen-bond acceptors (Lipinski definition) is 8. The van der Waals surface area contributed by atoms with Gasteiger partial charge in [0.25, 0.3) is 10.0 Å². The average molecular weight is 584 g/mol. The molecule has 4 rings (SSSR count). The van der Waals surface area contributed by atoms with E-state index < -0.39 is 27.7 Å². The number of nitrogens with two attached hydrogens (primary N) is 1. The maximum absolute atomic E-state index is 13.6. The molecule has 1 aliphatic rings. The molecular weight excluding hydrogens is 554 g/mol. The highest BCUT2D eigenvalue weighted by atomic mass is 32.2. The number of aliphatic carboxylic acids is 1. The minimum Gasteiger partial charge on any atom is -0.492 e. The highest BCUT2D eigenvalue weighted by molar-refractivity contribution is 7.92. The van der Waals surface area contributed by atoms with Gasteiger partial charge in [0.05, 0.1) is 28.9 Å². The van der Waals surface area contributed by atoms with Gasteiger partial charge in [0.1, 0.15) is 10.6 Å². The van der Waals surface area contributed by atoms with Crippen LogP contribution in [0.25, 0.3) is 11.1 Å². The first kappa shape index (κ1) is 29.0. The summed E-state index contributed by atoms with van der Waals surface area (Å²) < 4.78 is 35.5. The highest BCUT2D eigenvalue weighted by Crippen LogP contribution is 2.39. The fourth-order valence-electron chi connectivity index (χ4n) is 4.52. The van der Waals surface area contributed by atoms with Crippen molar-refractivity contribution in [3.8, 4) is 16.9 Å². The molecule has 0 spiro atoms. The topological polar surface area (TPSA) is 165 Å². The molecule has 0 amide bonds. The number of carbonyl (C=O) groups is 3. The molecule has 0 aliphatic carbocycles. The van der Waals surface area contributed by atoms with Crippen LogP contribution in [0, 0.1) is 5.92 Å². The number of ether oxygens (including phenoxy) is 1. The van der Waals surface area contributed by atoms with Crippen LogP contribution in [-0.4, -0.2) is 50.6 Å². The molecule has 4 N–H and O–H groups in total. The third kappa shape index (κ3) is 6.57. The van der Waals surface area contributed by atoms with Crippen molar-refractivity contribution >= 4 is 50.9 Å². The van der Waals surface area contributed by atoms with Gasteiger partial charge in [-0.1, -0.05) is 24.3 Å². The number of ketones is 1. The van der Waals surface area contributed by atoms with Gasteiger partial charge in [-0.05, 0) is 60.0 Å². The second kappa shape index (κ2) is 12.4. The second-order valence-electron chi connectivity index (χ2n) is 9.36. The largest absolute Gasteiger partial charge is 0.492 e. The van der Waals surface area contributed by atoms with Crippen LogP contribution in [0.1, 0.15) is 51.8 Å². The lowest BCUT2D eigenvalue weighted by Gasteiger charge is -2.15. The Morgan fingerprint density at radius 1 is 1.25 bits per heavy atom. The van der Waals surface area contributed by atoms with Crippen LogP contribution in [0.3, 0.4) is 0 Å². The van der Waals surface area contributed by atoms with Gasteiger partial charge in [-0.25, -0.2) is 8.42 Å². The SMILES string of the molecule is CC(N)=NCCC[C@H](CC(=O)c1sccc1NS(=O)(=O)c1cc(-c2ccccc2C=O)cc2c1OCC2)C(=O)O. The Balaban J connectivity index is 1.60. The molecule has 0 saturated carbocycles. The number of sulfonamides is 1. The lowest BCUT2D eigenvalue weighted by atomic mass is 9.96. The predicted octanol–water partition coefficient (Wildman–Crippen LogP) is 4.39. The van der Waals surface area contributed by atoms with E-state index in [2.05, 4.69) is 9.71 Å². The Labute approximate surface area is 235 Å². The first-order valence-electron chi connectivity index (χ1n) is 12.6. The zero-order chi connectivity index (χ0) is 28.9. The molecule has 0 fully saturated rings. The van der Waals surface area contributed by atoms with Crippen LogP contribution in [0.2, 0.25) is 0 Å². The van der Waals surface area contributed by atoms with Crippen molar-refractivity contribution in [1.29, 1.82) is 0 Å². The zero-order valence-corrected chi connectivity index (χ0v) is 23.4. The molecule has 12 heteroatoms. The summed E-state index contributed by atoms with van der Waals surface area (Å²) in [5, 5.41) is 11.2. The van der Waals surface area contributed by atoms with E-state index in [0.717, 1.165) is 11.3 Å². The average Bonchev–Trinajstić information content (AvgIpc) is 3.58. The molecule has 10 nitrogen and oxygen atoms in total. The number of Topliss-reactive ketones (excluding diaryl/α,β-unsaturated/α-hetero) is 1. The standard InChI is InChI=1S/C28H29N3O7S2/c1-17(29)30-10-4-6-19(28(34)35)14-24(33)27-23(9-12-39-27)31-40(36,37)25-15-21(13-18-8-11-38-26(18)25)22-7-3-2-5-20(22)16-32/h2-3,5,7,9,12-13,15-16,19,31H,4,6,8,10-11,14H2,1H3,(H2,29,30)(H,34,35)/t19-/m1/s1. The number of thiophene rings is 1. The Hall–Kier alpha value is -4.03. The van der Waals surface area contributed by atoms with Crippen molar-refractivity contribution in [2.75, 3.05) is 17.9 Å². The van der Waals surface area contributed by atoms with Gasteiger partial charge in [0.15, 0.2) is 12.1 Å². The number of carboxylic acid groups (broad SMARTS) is 1. The van der Waals surface area contributed by atoms with E-state index in [9.17, 15) is 27.9 Å². The number of anilines is 1. The summed E-state index contributed by atoms with van der Waals surface area (Å²) in [7, 11) is -4.24. The molecule has 0 radical (unpaired) electrons. The third-order valence-corrected chi connectivity index (χ3v) is 8.78. The highest BCUT2D eigenvalue weighted by Gasteiger charge is 2.30. The number of aliphatic imine (C=N–C) groups is 1. The number of aldehydes is 1. The van der Waals surface area contributed by atoms with Crippen LogP contribution in [-0.2, 0) is 21.2 Å². The van der Waals surface area contributed by atoms with Crippen molar-refractivity contribution in [2.45, 2.75) is 37.5 Å². The fraction of sp³-hybridized carbons (Fsp3) is 0.286. The Morgan fingerprint density at radius 2 is 2.02 bits per heavy atom. The Morgan fingerprint density at radius 3 is 2.75 bits per heavy atom. The molecular formula is C28H29N3O7S2. The van der Waals surface area contributed by atoms with Gasteiger partial charge in [0, 0.05) is 24.9 Å². The van der Waals surface area contributed by atoms with Crippen LogP contribution < -0.4 is 15.2 Å². The van der Waals surface area contributed by atoms with E-state index in [-0.39, 0.29) is 34.1 Å². The summed E-state index contributed by atoms with van der Waals surface area (Å²) in [4.78, 5) is 40.6. The molecule has 1 aromatic heterocycles. The number of carbonyl (C=O) groups excluding carboxylic acids is 2. The number of nitrogens with one attached hydrogen (secondary N) is 1. The van der Waals surface area contributed by atoms with Crippen molar-refractivity contribution in [3.63, 3.8) is 0 Å². The minimum absolute atomic E-state index is 0.0629. The molecule has 40 heavy (non-hydrogen) atoms. The van der Waals surface area contributed by atoms with Crippen LogP contribution in [0.15, 0.2) is 57.7 Å². The summed E-state index contributed by atoms with van der Waals surface area (Å²) in [5.41, 5.74) is 7.81. The number of benzene rings is 2. The van der Waals surface area contributed by atoms with E-state index in [4.69, 9.17) is 10.5 Å². The van der Waals surface area contributed by atoms with Crippen LogP contribution in [0.5, 0.6) is 5.75 Å². The Bertz CT molecular complexity index is 1570. The maximum Gasteiger partial charge on any atom is 0.306 e. The van der Waals surface area contributed by atoms with Gasteiger partial charge in [0.2, 0.25) is 0 Å². The normalized spacial score (nSPS) is 13.8. The number of amidine groups is 1. The molecule has 0 unspecified atom stereocenters. The van der Waals surface area contributed by atoms with Gasteiger partial charge in [-0.3, -0.25) is 24.1 Å². The second-order valence-corrected chi connectivity index (χ2v) is 11.9. The van der Waals surface area contributed by atoms with Crippen LogP contribution >= 0.6 is 11.3 Å². The molecule has 2 aromatic carbocycles. The number of rotatable bonds is 13. The van der Waals surface area contributed by atoms with Gasteiger partial charge in [-0.15, -0.1) is 11.3 Å². The molecule has 1 atom stereocenters. The minimum atomic E-state index is -4.24. The molecule has 1 aliphatic heterocycles. The van der Waals surface area contributed by atoms with E-state index in [0.29, 0.717) is 60.4 Å². The van der Waals surface area contributed by atoms with Crippen molar-refractivity contribution < 1.29 is 32.6 Å². The molecule has 210 valence electrons. The molecule has 2 heterocycles. The summed E-state index contributed by atoms with van der Waals surface area (Å²) in [6, 6.07) is 11.6. The van der Waals surface area contributed by atoms with Crippen molar-refractivity contribution in [3.05, 3.63) is 63.8 Å². The Kier molecular flexibility index (Phi) is 9.00. The van der Waals surface area contributed by atoms with E-state index in [1.807, 2.05) is 6.07 Å². The van der Waals surface area contributed by atoms with Crippen LogP contribution in [0.4, 0.5) is 5.69 Å². The quantitative estimate of drug-likeness (QED) is 0.0876. The monoisotopic (exact) mass is 583 g/mol. The van der Waals surface area contributed by atoms with E-state index >= 15 is 0 Å². The number of nitrogens with zero attached hydrogens (tertiary/aromatic N) is 1. The number of carboxylic acids is 1. The lowest BCUT2D eigenvalue weighted by Crippen LogP contribution is -2.20. The lowest BCUT2D eigenvalue weighted by molar-refractivity contribution is -0.141. The van der Waals surface area contributed by atoms with Gasteiger partial charge < -0.3 is 15.6 Å². The van der Waals surface area contributed by atoms with Gasteiger partial charge >= 0.3 is 5.97 Å². The van der Waals surface area contributed by atoms with E-state index in [1.165, 1.54) is 12.1 Å². The molecule has 3 aromatic rings. The molecule has 0 saturated heterocycles. The zero-order valence-electron chi connectivity index (χ0n) is 21.8. The number of fused-ring (bicyclic) bond motifs is 1. The van der Waals surface area contributed by atoms with Crippen molar-refractivity contribution in [2.24, 2.45) is 16.6 Å². The smallest absolute Gasteiger partial charge is 0.306 e. The summed E-state index contributed by atoms with van der Waals surface area (Å²) in [6.07, 6.45) is 1.60. The summed E-state index contributed by atoms with van der Waals surface area (Å²) in [5.74, 6) is -1.91.